The standard InChI is InChI=1S/C24H28Cl3N3O3/c1-4-29(15-12-17-10-11-20(32-2)21(16-17)33-3)13-7-14-30-22(31)18-8-5-6-9-19(18)28-23(30)24(25,26)27/h5-6,8-11,16H,4,7,12-15H2,1-3H3. The van der Waals surface area contributed by atoms with Gasteiger partial charge < -0.3 is 14.4 Å². The average molecular weight is 513 g/mol. The van der Waals surface area contributed by atoms with Crippen LogP contribution in [0.25, 0.3) is 10.9 Å². The summed E-state index contributed by atoms with van der Waals surface area (Å²) in [5.41, 5.74) is 1.49. The van der Waals surface area contributed by atoms with Gasteiger partial charge >= 0.3 is 0 Å². The number of nitrogens with zero attached hydrogens (tertiary/aromatic N) is 3. The summed E-state index contributed by atoms with van der Waals surface area (Å²) in [4.78, 5) is 19.9. The monoisotopic (exact) mass is 511 g/mol. The molecule has 0 radical (unpaired) electrons. The molecule has 6 nitrogen and oxygen atoms in total. The molecule has 0 fully saturated rings. The van der Waals surface area contributed by atoms with Gasteiger partial charge in [0.15, 0.2) is 17.3 Å². The van der Waals surface area contributed by atoms with Gasteiger partial charge in [-0.3, -0.25) is 9.36 Å². The number of rotatable bonds is 10. The summed E-state index contributed by atoms with van der Waals surface area (Å²) >= 11 is 18.4. The Morgan fingerprint density at radius 1 is 1.03 bits per heavy atom. The highest BCUT2D eigenvalue weighted by molar-refractivity contribution is 6.66. The van der Waals surface area contributed by atoms with Crippen LogP contribution in [0.15, 0.2) is 47.3 Å². The Morgan fingerprint density at radius 3 is 2.42 bits per heavy atom. The molecule has 0 spiro atoms. The minimum Gasteiger partial charge on any atom is -0.493 e. The Kier molecular flexibility index (Phi) is 8.88. The number of aromatic nitrogens is 2. The second kappa shape index (κ2) is 11.4. The van der Waals surface area contributed by atoms with Gasteiger partial charge in [0, 0.05) is 13.1 Å². The smallest absolute Gasteiger partial charge is 0.261 e. The Bertz CT molecular complexity index is 1150. The lowest BCUT2D eigenvalue weighted by Gasteiger charge is -2.22. The maximum Gasteiger partial charge on any atom is 0.261 e. The molecule has 0 atom stereocenters. The number of hydrogen-bond donors (Lipinski definition) is 0. The first-order valence-electron chi connectivity index (χ1n) is 10.8. The van der Waals surface area contributed by atoms with E-state index in [0.29, 0.717) is 29.6 Å². The van der Waals surface area contributed by atoms with Gasteiger partial charge in [-0.15, -0.1) is 0 Å². The van der Waals surface area contributed by atoms with Crippen molar-refractivity contribution in [1.29, 1.82) is 0 Å². The van der Waals surface area contributed by atoms with Gasteiger partial charge in [0.2, 0.25) is 3.79 Å². The van der Waals surface area contributed by atoms with Crippen LogP contribution in [0.5, 0.6) is 11.5 Å². The molecule has 0 aliphatic heterocycles. The summed E-state index contributed by atoms with van der Waals surface area (Å²) in [7, 11) is 3.26. The molecule has 178 valence electrons. The number of benzene rings is 2. The molecule has 0 amide bonds. The van der Waals surface area contributed by atoms with Crippen molar-refractivity contribution in [2.45, 2.75) is 30.1 Å². The molecule has 33 heavy (non-hydrogen) atoms. The van der Waals surface area contributed by atoms with E-state index in [9.17, 15) is 4.79 Å². The van der Waals surface area contributed by atoms with E-state index in [1.807, 2.05) is 18.2 Å². The molecule has 1 aromatic heterocycles. The molecule has 0 saturated carbocycles. The maximum absolute atomic E-state index is 13.1. The number of alkyl halides is 3. The lowest BCUT2D eigenvalue weighted by Crippen LogP contribution is -2.32. The first-order chi connectivity index (χ1) is 15.8. The Hall–Kier alpha value is -1.99. The molecular formula is C24H28Cl3N3O3. The molecular weight excluding hydrogens is 485 g/mol. The predicted molar refractivity (Wildman–Crippen MR) is 135 cm³/mol. The first kappa shape index (κ1) is 25.6. The van der Waals surface area contributed by atoms with Gasteiger partial charge in [-0.05, 0) is 55.8 Å². The van der Waals surface area contributed by atoms with E-state index in [0.717, 1.165) is 31.8 Å². The van der Waals surface area contributed by atoms with E-state index >= 15 is 0 Å². The summed E-state index contributed by atoms with van der Waals surface area (Å²) in [5.74, 6) is 1.58. The van der Waals surface area contributed by atoms with E-state index in [-0.39, 0.29) is 11.4 Å². The van der Waals surface area contributed by atoms with Crippen LogP contribution in [-0.4, -0.2) is 48.3 Å². The first-order valence-corrected chi connectivity index (χ1v) is 11.9. The van der Waals surface area contributed by atoms with Gasteiger partial charge in [0.25, 0.3) is 5.56 Å². The SMILES string of the molecule is CCN(CCCn1c(C(Cl)(Cl)Cl)nc2ccccc2c1=O)CCc1ccc(OC)c(OC)c1. The number of halogens is 3. The topological polar surface area (TPSA) is 56.6 Å². The third-order valence-electron chi connectivity index (χ3n) is 5.58. The van der Waals surface area contributed by atoms with Crippen LogP contribution in [0.4, 0.5) is 0 Å². The number of para-hydroxylation sites is 1. The van der Waals surface area contributed by atoms with E-state index in [1.54, 1.807) is 38.5 Å². The summed E-state index contributed by atoms with van der Waals surface area (Å²) < 4.78 is 10.4. The molecule has 0 aliphatic carbocycles. The average Bonchev–Trinajstić information content (AvgIpc) is 2.81. The largest absolute Gasteiger partial charge is 0.493 e. The van der Waals surface area contributed by atoms with Crippen LogP contribution in [0.1, 0.15) is 24.7 Å². The summed E-state index contributed by atoms with van der Waals surface area (Å²) in [6, 6.07) is 13.1. The molecule has 1 heterocycles. The van der Waals surface area contributed by atoms with Crippen LogP contribution in [0.3, 0.4) is 0 Å². The predicted octanol–water partition coefficient (Wildman–Crippen LogP) is 5.20. The lowest BCUT2D eigenvalue weighted by molar-refractivity contribution is 0.280. The number of fused-ring (bicyclic) bond motifs is 1. The van der Waals surface area contributed by atoms with Gasteiger partial charge in [-0.25, -0.2) is 4.98 Å². The fraction of sp³-hybridized carbons (Fsp3) is 0.417. The maximum atomic E-state index is 13.1. The highest BCUT2D eigenvalue weighted by Crippen LogP contribution is 2.37. The number of hydrogen-bond acceptors (Lipinski definition) is 5. The van der Waals surface area contributed by atoms with E-state index in [2.05, 4.69) is 16.8 Å². The zero-order valence-corrected chi connectivity index (χ0v) is 21.3. The van der Waals surface area contributed by atoms with Crippen molar-refractivity contribution in [3.63, 3.8) is 0 Å². The second-order valence-corrected chi connectivity index (χ2v) is 9.92. The van der Waals surface area contributed by atoms with E-state index in [1.165, 1.54) is 10.1 Å². The van der Waals surface area contributed by atoms with Crippen molar-refractivity contribution in [1.82, 2.24) is 14.5 Å². The molecule has 0 aliphatic rings. The lowest BCUT2D eigenvalue weighted by atomic mass is 10.1. The van der Waals surface area contributed by atoms with Crippen LogP contribution < -0.4 is 15.0 Å². The minimum absolute atomic E-state index is 0.143. The summed E-state index contributed by atoms with van der Waals surface area (Å²) in [6.07, 6.45) is 1.58. The van der Waals surface area contributed by atoms with E-state index < -0.39 is 3.79 Å². The van der Waals surface area contributed by atoms with Gasteiger partial charge in [0.1, 0.15) is 0 Å². The summed E-state index contributed by atoms with van der Waals surface area (Å²) in [5, 5.41) is 0.510. The van der Waals surface area contributed by atoms with Crippen LogP contribution in [-0.2, 0) is 16.8 Å². The van der Waals surface area contributed by atoms with Crippen molar-refractivity contribution < 1.29 is 9.47 Å². The van der Waals surface area contributed by atoms with Crippen molar-refractivity contribution >= 4 is 45.7 Å². The number of methoxy groups -OCH3 is 2. The molecule has 0 bridgehead atoms. The van der Waals surface area contributed by atoms with Crippen LogP contribution in [0, 0.1) is 0 Å². The third-order valence-corrected chi connectivity index (χ3v) is 6.09. The van der Waals surface area contributed by atoms with Gasteiger partial charge in [-0.2, -0.15) is 0 Å². The molecule has 9 heteroatoms. The molecule has 3 aromatic rings. The highest BCUT2D eigenvalue weighted by atomic mass is 35.6. The minimum atomic E-state index is -1.79. The fourth-order valence-corrected chi connectivity index (χ4v) is 4.23. The quantitative estimate of drug-likeness (QED) is 0.350. The van der Waals surface area contributed by atoms with Crippen LogP contribution >= 0.6 is 34.8 Å². The molecule has 0 N–H and O–H groups in total. The van der Waals surface area contributed by atoms with E-state index in [4.69, 9.17) is 44.3 Å². The Labute approximate surface area is 209 Å². The van der Waals surface area contributed by atoms with Crippen molar-refractivity contribution in [3.05, 3.63) is 64.2 Å². The molecule has 0 saturated heterocycles. The number of likely N-dealkylation sites (N-methyl/N-ethyl adjacent to an activating group) is 1. The second-order valence-electron chi connectivity index (χ2n) is 7.63. The fourth-order valence-electron chi connectivity index (χ4n) is 3.80. The Morgan fingerprint density at radius 2 is 1.76 bits per heavy atom. The molecule has 2 aromatic carbocycles. The van der Waals surface area contributed by atoms with Crippen molar-refractivity contribution in [3.8, 4) is 11.5 Å². The third kappa shape index (κ3) is 6.33. The van der Waals surface area contributed by atoms with Gasteiger partial charge in [0.05, 0.1) is 25.1 Å². The van der Waals surface area contributed by atoms with Gasteiger partial charge in [-0.1, -0.05) is 59.9 Å². The molecule has 0 unspecified atom stereocenters. The van der Waals surface area contributed by atoms with Crippen molar-refractivity contribution in [2.75, 3.05) is 33.9 Å². The van der Waals surface area contributed by atoms with Crippen LogP contribution in [0.2, 0.25) is 0 Å². The normalized spacial score (nSPS) is 11.8. The number of ether oxygens (including phenoxy) is 2. The zero-order valence-electron chi connectivity index (χ0n) is 19.0. The Balaban J connectivity index is 1.68. The highest BCUT2D eigenvalue weighted by Gasteiger charge is 2.30. The summed E-state index contributed by atoms with van der Waals surface area (Å²) in [6.45, 7) is 5.07. The zero-order chi connectivity index (χ0) is 24.0. The van der Waals surface area contributed by atoms with Crippen molar-refractivity contribution in [2.24, 2.45) is 0 Å². The molecule has 3 rings (SSSR count).